The van der Waals surface area contributed by atoms with Crippen LogP contribution in [0.4, 0.5) is 10.1 Å². The summed E-state index contributed by atoms with van der Waals surface area (Å²) in [6.07, 6.45) is 0. The fraction of sp³-hybridized carbons (Fsp3) is 0.429. The van der Waals surface area contributed by atoms with Crippen LogP contribution in [0.1, 0.15) is 0 Å². The highest BCUT2D eigenvalue weighted by atomic mass is 19.1. The fourth-order valence-electron chi connectivity index (χ4n) is 2.27. The number of carbonyl (C=O) groups is 2. The Morgan fingerprint density at radius 2 is 1.76 bits per heavy atom. The number of rotatable bonds is 5. The van der Waals surface area contributed by atoms with E-state index in [9.17, 15) is 14.0 Å². The molecule has 0 atom stereocenters. The van der Waals surface area contributed by atoms with Crippen LogP contribution in [0.5, 0.6) is 0 Å². The molecule has 1 saturated heterocycles. The van der Waals surface area contributed by atoms with Gasteiger partial charge in [-0.3, -0.25) is 19.4 Å². The molecule has 0 aromatic heterocycles. The SMILES string of the molecule is O=C(O)CN1CCN(CC(=O)Nc2cccc(F)c2)CC1. The molecule has 1 aliphatic rings. The molecular formula is C14H18FN3O3. The third-order valence-electron chi connectivity index (χ3n) is 3.30. The molecule has 21 heavy (non-hydrogen) atoms. The predicted octanol–water partition coefficient (Wildman–Crippen LogP) is 0.466. The van der Waals surface area contributed by atoms with Crippen LogP contribution in [0.15, 0.2) is 24.3 Å². The van der Waals surface area contributed by atoms with Crippen molar-refractivity contribution in [3.63, 3.8) is 0 Å². The number of aliphatic carboxylic acids is 1. The number of amides is 1. The molecule has 0 spiro atoms. The van der Waals surface area contributed by atoms with Gasteiger partial charge in [0.2, 0.25) is 5.91 Å². The largest absolute Gasteiger partial charge is 0.480 e. The fourth-order valence-corrected chi connectivity index (χ4v) is 2.27. The third-order valence-corrected chi connectivity index (χ3v) is 3.30. The predicted molar refractivity (Wildman–Crippen MR) is 75.5 cm³/mol. The Hall–Kier alpha value is -1.99. The molecule has 1 amide bonds. The van der Waals surface area contributed by atoms with Gasteiger partial charge in [0.1, 0.15) is 5.82 Å². The Labute approximate surface area is 122 Å². The molecule has 0 radical (unpaired) electrons. The lowest BCUT2D eigenvalue weighted by Gasteiger charge is -2.33. The van der Waals surface area contributed by atoms with Crippen LogP contribution in [0.25, 0.3) is 0 Å². The zero-order valence-corrected chi connectivity index (χ0v) is 11.6. The molecule has 114 valence electrons. The monoisotopic (exact) mass is 295 g/mol. The smallest absolute Gasteiger partial charge is 0.317 e. The van der Waals surface area contributed by atoms with Crippen molar-refractivity contribution >= 4 is 17.6 Å². The van der Waals surface area contributed by atoms with E-state index in [0.29, 0.717) is 31.9 Å². The van der Waals surface area contributed by atoms with Gasteiger partial charge in [-0.25, -0.2) is 4.39 Å². The van der Waals surface area contributed by atoms with Gasteiger partial charge in [-0.2, -0.15) is 0 Å². The van der Waals surface area contributed by atoms with E-state index < -0.39 is 11.8 Å². The summed E-state index contributed by atoms with van der Waals surface area (Å²) in [7, 11) is 0. The molecule has 7 heteroatoms. The van der Waals surface area contributed by atoms with Gasteiger partial charge >= 0.3 is 5.97 Å². The van der Waals surface area contributed by atoms with Crippen molar-refractivity contribution < 1.29 is 19.1 Å². The highest BCUT2D eigenvalue weighted by Crippen LogP contribution is 2.09. The topological polar surface area (TPSA) is 72.9 Å². The molecular weight excluding hydrogens is 277 g/mol. The van der Waals surface area contributed by atoms with Gasteiger partial charge in [-0.05, 0) is 18.2 Å². The number of carbonyl (C=O) groups excluding carboxylic acids is 1. The minimum Gasteiger partial charge on any atom is -0.480 e. The number of nitrogens with one attached hydrogen (secondary N) is 1. The van der Waals surface area contributed by atoms with Gasteiger partial charge in [0.25, 0.3) is 0 Å². The summed E-state index contributed by atoms with van der Waals surface area (Å²) in [6.45, 7) is 2.79. The van der Waals surface area contributed by atoms with E-state index in [0.717, 1.165) is 0 Å². The molecule has 0 aliphatic carbocycles. The molecule has 2 N–H and O–H groups in total. The average molecular weight is 295 g/mol. The quantitative estimate of drug-likeness (QED) is 0.826. The number of carboxylic acid groups (broad SMARTS) is 1. The van der Waals surface area contributed by atoms with Crippen LogP contribution in [0, 0.1) is 5.82 Å². The third kappa shape index (κ3) is 5.13. The van der Waals surface area contributed by atoms with E-state index in [1.165, 1.54) is 18.2 Å². The molecule has 0 bridgehead atoms. The van der Waals surface area contributed by atoms with Gasteiger partial charge < -0.3 is 10.4 Å². The maximum Gasteiger partial charge on any atom is 0.317 e. The summed E-state index contributed by atoms with van der Waals surface area (Å²) in [6, 6.07) is 5.75. The van der Waals surface area contributed by atoms with E-state index in [1.54, 1.807) is 6.07 Å². The highest BCUT2D eigenvalue weighted by molar-refractivity contribution is 5.92. The van der Waals surface area contributed by atoms with Gasteiger partial charge in [-0.1, -0.05) is 6.07 Å². The number of hydrogen-bond donors (Lipinski definition) is 2. The Kier molecular flexibility index (Phi) is 5.24. The van der Waals surface area contributed by atoms with Crippen molar-refractivity contribution in [2.45, 2.75) is 0 Å². The van der Waals surface area contributed by atoms with E-state index in [-0.39, 0.29) is 19.0 Å². The van der Waals surface area contributed by atoms with Crippen LogP contribution in [-0.4, -0.2) is 66.1 Å². The normalized spacial score (nSPS) is 16.6. The first-order chi connectivity index (χ1) is 10.0. The first-order valence-electron chi connectivity index (χ1n) is 6.75. The number of carboxylic acids is 1. The number of hydrogen-bond acceptors (Lipinski definition) is 4. The van der Waals surface area contributed by atoms with E-state index in [2.05, 4.69) is 5.32 Å². The lowest BCUT2D eigenvalue weighted by Crippen LogP contribution is -2.49. The molecule has 0 unspecified atom stereocenters. The summed E-state index contributed by atoms with van der Waals surface area (Å²) >= 11 is 0. The second-order valence-corrected chi connectivity index (χ2v) is 5.00. The Morgan fingerprint density at radius 1 is 1.14 bits per heavy atom. The summed E-state index contributed by atoms with van der Waals surface area (Å²) in [4.78, 5) is 26.3. The Morgan fingerprint density at radius 3 is 2.33 bits per heavy atom. The molecule has 1 fully saturated rings. The minimum absolute atomic E-state index is 0.0311. The second-order valence-electron chi connectivity index (χ2n) is 5.00. The number of benzene rings is 1. The molecule has 6 nitrogen and oxygen atoms in total. The van der Waals surface area contributed by atoms with Crippen molar-refractivity contribution in [1.29, 1.82) is 0 Å². The minimum atomic E-state index is -0.840. The van der Waals surface area contributed by atoms with Crippen LogP contribution in [0.3, 0.4) is 0 Å². The number of piperazine rings is 1. The van der Waals surface area contributed by atoms with Gasteiger partial charge in [0, 0.05) is 31.9 Å². The van der Waals surface area contributed by atoms with Gasteiger partial charge in [-0.15, -0.1) is 0 Å². The van der Waals surface area contributed by atoms with Crippen LogP contribution < -0.4 is 5.32 Å². The first kappa shape index (κ1) is 15.4. The lowest BCUT2D eigenvalue weighted by molar-refractivity contribution is -0.139. The summed E-state index contributed by atoms with van der Waals surface area (Å²) in [5.41, 5.74) is 0.435. The van der Waals surface area contributed by atoms with Crippen LogP contribution in [0.2, 0.25) is 0 Å². The molecule has 1 heterocycles. The molecule has 1 aliphatic heterocycles. The van der Waals surface area contributed by atoms with Gasteiger partial charge in [0.15, 0.2) is 0 Å². The van der Waals surface area contributed by atoms with Crippen LogP contribution >= 0.6 is 0 Å². The molecule has 1 aromatic rings. The summed E-state index contributed by atoms with van der Waals surface area (Å²) < 4.78 is 13.0. The maximum absolute atomic E-state index is 13.0. The zero-order chi connectivity index (χ0) is 15.2. The number of halogens is 1. The Bertz CT molecular complexity index is 516. The zero-order valence-electron chi connectivity index (χ0n) is 11.6. The molecule has 2 rings (SSSR count). The van der Waals surface area contributed by atoms with Crippen molar-refractivity contribution in [2.24, 2.45) is 0 Å². The summed E-state index contributed by atoms with van der Waals surface area (Å²) in [5, 5.41) is 11.4. The average Bonchev–Trinajstić information content (AvgIpc) is 2.40. The number of nitrogens with zero attached hydrogens (tertiary/aromatic N) is 2. The van der Waals surface area contributed by atoms with Crippen molar-refractivity contribution in [3.8, 4) is 0 Å². The van der Waals surface area contributed by atoms with E-state index >= 15 is 0 Å². The van der Waals surface area contributed by atoms with Crippen molar-refractivity contribution in [2.75, 3.05) is 44.6 Å². The maximum atomic E-state index is 13.0. The lowest BCUT2D eigenvalue weighted by atomic mass is 10.3. The molecule has 1 aromatic carbocycles. The first-order valence-corrected chi connectivity index (χ1v) is 6.75. The second kappa shape index (κ2) is 7.14. The standard InChI is InChI=1S/C14H18FN3O3/c15-11-2-1-3-12(8-11)16-13(19)9-17-4-6-18(7-5-17)10-14(20)21/h1-3,8H,4-7,9-10H2,(H,16,19)(H,20,21). The van der Waals surface area contributed by atoms with Crippen molar-refractivity contribution in [1.82, 2.24) is 9.80 Å². The van der Waals surface area contributed by atoms with Crippen molar-refractivity contribution in [3.05, 3.63) is 30.1 Å². The van der Waals surface area contributed by atoms with E-state index in [1.807, 2.05) is 9.80 Å². The van der Waals surface area contributed by atoms with Crippen LogP contribution in [-0.2, 0) is 9.59 Å². The summed E-state index contributed by atoms with van der Waals surface area (Å²) in [5.74, 6) is -1.44. The molecule has 0 saturated carbocycles. The highest BCUT2D eigenvalue weighted by Gasteiger charge is 2.20. The number of anilines is 1. The Balaban J connectivity index is 1.75. The van der Waals surface area contributed by atoms with Gasteiger partial charge in [0.05, 0.1) is 13.1 Å². The van der Waals surface area contributed by atoms with E-state index in [4.69, 9.17) is 5.11 Å².